The third-order valence-electron chi connectivity index (χ3n) is 3.43. The van der Waals surface area contributed by atoms with Gasteiger partial charge in [0.25, 0.3) is 0 Å². The van der Waals surface area contributed by atoms with E-state index in [4.69, 9.17) is 5.73 Å². The van der Waals surface area contributed by atoms with Gasteiger partial charge in [0, 0.05) is 29.8 Å². The first kappa shape index (κ1) is 11.8. The van der Waals surface area contributed by atoms with E-state index in [0.29, 0.717) is 11.3 Å². The Bertz CT molecular complexity index is 403. The van der Waals surface area contributed by atoms with E-state index in [1.54, 1.807) is 0 Å². The average Bonchev–Trinajstić information content (AvgIpc) is 2.24. The van der Waals surface area contributed by atoms with Crippen molar-refractivity contribution in [2.75, 3.05) is 18.5 Å². The zero-order chi connectivity index (χ0) is 11.9. The standard InChI is InChI=1S/C13H20N2S/c1-8-5-9(2)13-11(6-8)15(4)10(3)12(7-14)16-13/h5-6,10,12H,7,14H2,1-4H3. The van der Waals surface area contributed by atoms with Crippen LogP contribution in [0.4, 0.5) is 5.69 Å². The number of hydrogen-bond donors (Lipinski definition) is 1. The highest BCUT2D eigenvalue weighted by Gasteiger charge is 2.29. The van der Waals surface area contributed by atoms with E-state index >= 15 is 0 Å². The zero-order valence-corrected chi connectivity index (χ0v) is 11.3. The molecule has 88 valence electrons. The first-order chi connectivity index (χ1) is 7.54. The Labute approximate surface area is 102 Å². The fourth-order valence-electron chi connectivity index (χ4n) is 2.31. The molecule has 16 heavy (non-hydrogen) atoms. The average molecular weight is 236 g/mol. The maximum atomic E-state index is 5.85. The number of thioether (sulfide) groups is 1. The van der Waals surface area contributed by atoms with Crippen LogP contribution in [-0.2, 0) is 0 Å². The minimum atomic E-state index is 0.499. The van der Waals surface area contributed by atoms with Gasteiger partial charge in [-0.3, -0.25) is 0 Å². The molecule has 0 aromatic heterocycles. The third kappa shape index (κ3) is 1.82. The quantitative estimate of drug-likeness (QED) is 0.812. The van der Waals surface area contributed by atoms with Gasteiger partial charge in [0.1, 0.15) is 0 Å². The number of nitrogens with zero attached hydrogens (tertiary/aromatic N) is 1. The van der Waals surface area contributed by atoms with Crippen molar-refractivity contribution in [1.82, 2.24) is 0 Å². The summed E-state index contributed by atoms with van der Waals surface area (Å²) in [6, 6.07) is 5.03. The number of aryl methyl sites for hydroxylation is 2. The minimum absolute atomic E-state index is 0.499. The summed E-state index contributed by atoms with van der Waals surface area (Å²) < 4.78 is 0. The predicted octanol–water partition coefficient (Wildman–Crippen LogP) is 2.56. The largest absolute Gasteiger partial charge is 0.370 e. The lowest BCUT2D eigenvalue weighted by molar-refractivity contribution is 0.635. The molecule has 2 rings (SSSR count). The molecule has 1 heterocycles. The molecular formula is C13H20N2S. The van der Waals surface area contributed by atoms with Gasteiger partial charge in [-0.15, -0.1) is 11.8 Å². The second kappa shape index (κ2) is 4.30. The lowest BCUT2D eigenvalue weighted by Gasteiger charge is -2.39. The fraction of sp³-hybridized carbons (Fsp3) is 0.538. The molecule has 0 radical (unpaired) electrons. The Morgan fingerprint density at radius 3 is 2.69 bits per heavy atom. The number of rotatable bonds is 1. The van der Waals surface area contributed by atoms with Crippen LogP contribution in [0.25, 0.3) is 0 Å². The van der Waals surface area contributed by atoms with Crippen molar-refractivity contribution >= 4 is 17.4 Å². The smallest absolute Gasteiger partial charge is 0.0510 e. The number of anilines is 1. The van der Waals surface area contributed by atoms with Gasteiger partial charge in [-0.1, -0.05) is 6.07 Å². The number of benzene rings is 1. The van der Waals surface area contributed by atoms with E-state index in [0.717, 1.165) is 6.54 Å². The molecule has 0 fully saturated rings. The van der Waals surface area contributed by atoms with Gasteiger partial charge in [0.2, 0.25) is 0 Å². The van der Waals surface area contributed by atoms with E-state index in [2.05, 4.69) is 44.9 Å². The Morgan fingerprint density at radius 1 is 1.38 bits per heavy atom. The predicted molar refractivity (Wildman–Crippen MR) is 72.5 cm³/mol. The van der Waals surface area contributed by atoms with Gasteiger partial charge >= 0.3 is 0 Å². The second-order valence-electron chi connectivity index (χ2n) is 4.67. The maximum Gasteiger partial charge on any atom is 0.0510 e. The highest BCUT2D eigenvalue weighted by Crippen LogP contribution is 2.42. The molecule has 0 bridgehead atoms. The van der Waals surface area contributed by atoms with Crippen LogP contribution in [0.2, 0.25) is 0 Å². The second-order valence-corrected chi connectivity index (χ2v) is 5.92. The lowest BCUT2D eigenvalue weighted by Crippen LogP contribution is -2.44. The van der Waals surface area contributed by atoms with E-state index in [1.807, 2.05) is 11.8 Å². The van der Waals surface area contributed by atoms with Gasteiger partial charge < -0.3 is 10.6 Å². The molecule has 3 heteroatoms. The van der Waals surface area contributed by atoms with Crippen molar-refractivity contribution in [1.29, 1.82) is 0 Å². The molecule has 1 aliphatic rings. The molecule has 1 aromatic rings. The first-order valence-corrected chi connectivity index (χ1v) is 6.63. The fourth-order valence-corrected chi connectivity index (χ4v) is 3.66. The Kier molecular flexibility index (Phi) is 3.17. The van der Waals surface area contributed by atoms with Crippen molar-refractivity contribution in [3.63, 3.8) is 0 Å². The Balaban J connectivity index is 2.50. The molecule has 1 aliphatic heterocycles. The van der Waals surface area contributed by atoms with Crippen LogP contribution in [0.5, 0.6) is 0 Å². The molecule has 2 N–H and O–H groups in total. The molecule has 1 aromatic carbocycles. The molecule has 0 spiro atoms. The maximum absolute atomic E-state index is 5.85. The zero-order valence-electron chi connectivity index (χ0n) is 10.4. The summed E-state index contributed by atoms with van der Waals surface area (Å²) in [6.07, 6.45) is 0. The van der Waals surface area contributed by atoms with E-state index in [9.17, 15) is 0 Å². The summed E-state index contributed by atoms with van der Waals surface area (Å²) in [4.78, 5) is 3.77. The monoisotopic (exact) mass is 236 g/mol. The summed E-state index contributed by atoms with van der Waals surface area (Å²) in [5, 5.41) is 0.499. The number of hydrogen-bond acceptors (Lipinski definition) is 3. The van der Waals surface area contributed by atoms with Gasteiger partial charge in [-0.05, 0) is 38.0 Å². The molecule has 0 saturated carbocycles. The van der Waals surface area contributed by atoms with Crippen LogP contribution >= 0.6 is 11.8 Å². The topological polar surface area (TPSA) is 29.3 Å². The molecule has 0 amide bonds. The molecule has 2 nitrogen and oxygen atoms in total. The normalized spacial score (nSPS) is 24.4. The van der Waals surface area contributed by atoms with Crippen LogP contribution in [0.3, 0.4) is 0 Å². The van der Waals surface area contributed by atoms with Gasteiger partial charge in [-0.25, -0.2) is 0 Å². The molecule has 2 atom stereocenters. The van der Waals surface area contributed by atoms with E-state index in [1.165, 1.54) is 21.7 Å². The number of fused-ring (bicyclic) bond motifs is 1. The summed E-state index contributed by atoms with van der Waals surface area (Å²) in [7, 11) is 2.17. The van der Waals surface area contributed by atoms with Crippen molar-refractivity contribution < 1.29 is 0 Å². The molecule has 0 saturated heterocycles. The molecule has 0 aliphatic carbocycles. The van der Waals surface area contributed by atoms with Crippen LogP contribution in [0.15, 0.2) is 17.0 Å². The Hall–Kier alpha value is -0.670. The molecule has 2 unspecified atom stereocenters. The van der Waals surface area contributed by atoms with E-state index < -0.39 is 0 Å². The first-order valence-electron chi connectivity index (χ1n) is 5.75. The van der Waals surface area contributed by atoms with Crippen LogP contribution < -0.4 is 10.6 Å². The summed E-state index contributed by atoms with van der Waals surface area (Å²) in [6.45, 7) is 7.34. The van der Waals surface area contributed by atoms with Crippen LogP contribution in [0, 0.1) is 13.8 Å². The van der Waals surface area contributed by atoms with E-state index in [-0.39, 0.29) is 0 Å². The SMILES string of the molecule is Cc1cc(C)c2c(c1)N(C)C(C)C(CN)S2. The summed E-state index contributed by atoms with van der Waals surface area (Å²) in [5.74, 6) is 0. The third-order valence-corrected chi connectivity index (χ3v) is 5.09. The van der Waals surface area contributed by atoms with Gasteiger partial charge in [0.15, 0.2) is 0 Å². The number of nitrogens with two attached hydrogens (primary N) is 1. The summed E-state index contributed by atoms with van der Waals surface area (Å²) >= 11 is 1.94. The molecular weight excluding hydrogens is 216 g/mol. The lowest BCUT2D eigenvalue weighted by atomic mass is 10.1. The van der Waals surface area contributed by atoms with Crippen molar-refractivity contribution in [2.24, 2.45) is 5.73 Å². The van der Waals surface area contributed by atoms with Gasteiger partial charge in [-0.2, -0.15) is 0 Å². The Morgan fingerprint density at radius 2 is 2.06 bits per heavy atom. The van der Waals surface area contributed by atoms with Crippen LogP contribution in [0.1, 0.15) is 18.1 Å². The summed E-state index contributed by atoms with van der Waals surface area (Å²) in [5.41, 5.74) is 9.91. The van der Waals surface area contributed by atoms with Crippen molar-refractivity contribution in [2.45, 2.75) is 37.0 Å². The highest BCUT2D eigenvalue weighted by molar-refractivity contribution is 8.00. The van der Waals surface area contributed by atoms with Crippen LogP contribution in [-0.4, -0.2) is 24.9 Å². The minimum Gasteiger partial charge on any atom is -0.370 e. The van der Waals surface area contributed by atoms with Crippen molar-refractivity contribution in [3.05, 3.63) is 23.3 Å². The van der Waals surface area contributed by atoms with Gasteiger partial charge in [0.05, 0.1) is 5.69 Å². The van der Waals surface area contributed by atoms with Crippen molar-refractivity contribution in [3.8, 4) is 0 Å². The highest BCUT2D eigenvalue weighted by atomic mass is 32.2.